The maximum absolute atomic E-state index is 5.89. The highest BCUT2D eigenvalue weighted by atomic mass is 35.5. The Balaban J connectivity index is 2.45. The summed E-state index contributed by atoms with van der Waals surface area (Å²) in [6, 6.07) is 9.57. The first-order valence-electron chi connectivity index (χ1n) is 4.14. The first-order chi connectivity index (χ1) is 7.18. The lowest BCUT2D eigenvalue weighted by Gasteiger charge is -2.20. The molecule has 15 heavy (non-hydrogen) atoms. The van der Waals surface area contributed by atoms with E-state index in [1.54, 1.807) is 0 Å². The number of thiol groups is 1. The van der Waals surface area contributed by atoms with Crippen molar-refractivity contribution in [1.82, 2.24) is 10.1 Å². The minimum absolute atomic E-state index is 0.349. The van der Waals surface area contributed by atoms with Crippen LogP contribution in [0.3, 0.4) is 0 Å². The maximum atomic E-state index is 5.89. The molecule has 78 valence electrons. The number of allylic oxidation sites excluding steroid dienone is 1. The van der Waals surface area contributed by atoms with Crippen molar-refractivity contribution in [2.24, 2.45) is 5.10 Å². The second-order valence-electron chi connectivity index (χ2n) is 2.85. The van der Waals surface area contributed by atoms with E-state index in [0.717, 1.165) is 10.2 Å². The number of nitrogens with one attached hydrogen (secondary N) is 1. The van der Waals surface area contributed by atoms with Crippen molar-refractivity contribution in [3.05, 3.63) is 46.0 Å². The van der Waals surface area contributed by atoms with Gasteiger partial charge in [0.2, 0.25) is 0 Å². The lowest BCUT2D eigenvalue weighted by Crippen LogP contribution is -2.30. The fourth-order valence-corrected chi connectivity index (χ4v) is 1.79. The summed E-state index contributed by atoms with van der Waals surface area (Å²) in [5, 5.41) is 4.42. The zero-order chi connectivity index (χ0) is 10.8. The minimum atomic E-state index is 0.349. The van der Waals surface area contributed by atoms with E-state index in [1.807, 2.05) is 30.3 Å². The van der Waals surface area contributed by atoms with Gasteiger partial charge in [-0.2, -0.15) is 0 Å². The number of benzene rings is 1. The number of hydrogen-bond acceptors (Lipinski definition) is 4. The van der Waals surface area contributed by atoms with Crippen LogP contribution in [0.1, 0.15) is 5.56 Å². The van der Waals surface area contributed by atoms with Crippen molar-refractivity contribution in [2.45, 2.75) is 0 Å². The molecule has 1 N–H and O–H groups in total. The van der Waals surface area contributed by atoms with Crippen molar-refractivity contribution < 1.29 is 0 Å². The lowest BCUT2D eigenvalue weighted by atomic mass is 10.1. The van der Waals surface area contributed by atoms with Crippen LogP contribution in [-0.2, 0) is 0 Å². The molecule has 0 amide bonds. The Hall–Kier alpha value is -0.840. The van der Waals surface area contributed by atoms with Crippen molar-refractivity contribution in [3.63, 3.8) is 0 Å². The van der Waals surface area contributed by atoms with Crippen LogP contribution in [0.4, 0.5) is 0 Å². The molecule has 1 heterocycles. The van der Waals surface area contributed by atoms with E-state index in [9.17, 15) is 0 Å². The SMILES string of the molecule is SC1=C(Cl)NN(Cl)N=C1c1ccccc1. The van der Waals surface area contributed by atoms with Gasteiger partial charge in [-0.15, -0.1) is 22.4 Å². The van der Waals surface area contributed by atoms with E-state index in [-0.39, 0.29) is 0 Å². The molecule has 3 nitrogen and oxygen atoms in total. The molecule has 0 atom stereocenters. The van der Waals surface area contributed by atoms with Gasteiger partial charge in [0.05, 0.1) is 16.7 Å². The molecule has 0 saturated carbocycles. The molecule has 0 aliphatic carbocycles. The second kappa shape index (κ2) is 4.35. The first-order valence-corrected chi connectivity index (χ1v) is 5.30. The number of hydrazone groups is 1. The number of nitrogens with zero attached hydrogens (tertiary/aromatic N) is 2. The molecule has 1 aromatic carbocycles. The molecule has 0 fully saturated rings. The van der Waals surface area contributed by atoms with Gasteiger partial charge >= 0.3 is 0 Å². The molecule has 0 spiro atoms. The Morgan fingerprint density at radius 1 is 1.27 bits per heavy atom. The van der Waals surface area contributed by atoms with E-state index in [1.165, 1.54) is 0 Å². The van der Waals surface area contributed by atoms with Gasteiger partial charge in [-0.25, -0.2) is 0 Å². The number of rotatable bonds is 1. The predicted molar refractivity (Wildman–Crippen MR) is 65.7 cm³/mol. The molecule has 1 aliphatic heterocycles. The molecular formula is C9H7Cl2N3S. The zero-order valence-electron chi connectivity index (χ0n) is 7.48. The molecular weight excluding hydrogens is 253 g/mol. The topological polar surface area (TPSA) is 27.6 Å². The third kappa shape index (κ3) is 2.22. The van der Waals surface area contributed by atoms with Gasteiger partial charge in [-0.3, -0.25) is 5.43 Å². The van der Waals surface area contributed by atoms with Crippen LogP contribution in [0.5, 0.6) is 0 Å². The van der Waals surface area contributed by atoms with Gasteiger partial charge in [0.1, 0.15) is 10.9 Å². The van der Waals surface area contributed by atoms with E-state index < -0.39 is 0 Å². The second-order valence-corrected chi connectivity index (χ2v) is 3.99. The summed E-state index contributed by atoms with van der Waals surface area (Å²) in [6.45, 7) is 0. The average Bonchev–Trinajstić information content (AvgIpc) is 2.24. The molecule has 6 heteroatoms. The van der Waals surface area contributed by atoms with Crippen LogP contribution in [0.15, 0.2) is 45.5 Å². The highest BCUT2D eigenvalue weighted by molar-refractivity contribution is 7.85. The van der Waals surface area contributed by atoms with Crippen molar-refractivity contribution >= 4 is 41.7 Å². The van der Waals surface area contributed by atoms with Crippen molar-refractivity contribution in [3.8, 4) is 0 Å². The van der Waals surface area contributed by atoms with E-state index >= 15 is 0 Å². The third-order valence-electron chi connectivity index (χ3n) is 1.86. The van der Waals surface area contributed by atoms with E-state index in [4.69, 9.17) is 23.4 Å². The largest absolute Gasteiger partial charge is 0.255 e. The number of hydrazine groups is 1. The third-order valence-corrected chi connectivity index (χ3v) is 2.86. The van der Waals surface area contributed by atoms with Gasteiger partial charge in [-0.1, -0.05) is 41.9 Å². The zero-order valence-corrected chi connectivity index (χ0v) is 9.89. The van der Waals surface area contributed by atoms with Gasteiger partial charge in [-0.05, 0) is 0 Å². The molecule has 0 aromatic heterocycles. The molecule has 0 radical (unpaired) electrons. The summed E-state index contributed by atoms with van der Waals surface area (Å²) < 4.78 is 1.03. The number of halogens is 2. The summed E-state index contributed by atoms with van der Waals surface area (Å²) in [4.78, 5) is 0.569. The lowest BCUT2D eigenvalue weighted by molar-refractivity contribution is 0.405. The normalized spacial score (nSPS) is 16.2. The molecule has 1 aliphatic rings. The van der Waals surface area contributed by atoms with Crippen LogP contribution in [0, 0.1) is 0 Å². The standard InChI is InChI=1S/C9H7Cl2N3S/c10-9-8(15)7(12-14(11)13-9)6-4-2-1-3-5-6/h1-5,13,15H. The first kappa shape index (κ1) is 10.7. The fourth-order valence-electron chi connectivity index (χ4n) is 1.19. The molecule has 0 saturated heterocycles. The van der Waals surface area contributed by atoms with E-state index in [2.05, 4.69) is 23.2 Å². The summed E-state index contributed by atoms with van der Waals surface area (Å²) in [7, 11) is 0. The molecule has 2 rings (SSSR count). The van der Waals surface area contributed by atoms with Crippen LogP contribution in [-0.4, -0.2) is 10.3 Å². The summed E-state index contributed by atoms with van der Waals surface area (Å²) >= 11 is 15.9. The van der Waals surface area contributed by atoms with Crippen LogP contribution in [0.25, 0.3) is 0 Å². The Morgan fingerprint density at radius 3 is 2.60 bits per heavy atom. The van der Waals surface area contributed by atoms with Gasteiger partial charge in [0, 0.05) is 5.56 Å². The summed E-state index contributed by atoms with van der Waals surface area (Å²) in [5.74, 6) is 0. The van der Waals surface area contributed by atoms with Crippen molar-refractivity contribution in [2.75, 3.05) is 0 Å². The van der Waals surface area contributed by atoms with Gasteiger partial charge in [0.15, 0.2) is 0 Å². The maximum Gasteiger partial charge on any atom is 0.139 e. The van der Waals surface area contributed by atoms with Crippen molar-refractivity contribution in [1.29, 1.82) is 0 Å². The fraction of sp³-hybridized carbons (Fsp3) is 0. The van der Waals surface area contributed by atoms with Gasteiger partial charge < -0.3 is 0 Å². The Kier molecular flexibility index (Phi) is 3.09. The van der Waals surface area contributed by atoms with Crippen LogP contribution >= 0.6 is 36.0 Å². The molecule has 0 bridgehead atoms. The quantitative estimate of drug-likeness (QED) is 0.461. The molecule has 1 aromatic rings. The van der Waals surface area contributed by atoms with Crippen LogP contribution in [0.2, 0.25) is 0 Å². The van der Waals surface area contributed by atoms with Crippen LogP contribution < -0.4 is 5.43 Å². The Labute approximate surface area is 103 Å². The smallest absolute Gasteiger partial charge is 0.139 e. The Bertz CT molecular complexity index is 430. The summed E-state index contributed by atoms with van der Waals surface area (Å²) in [5.41, 5.74) is 4.16. The highest BCUT2D eigenvalue weighted by Gasteiger charge is 2.18. The molecule has 0 unspecified atom stereocenters. The number of hydrogen-bond donors (Lipinski definition) is 2. The van der Waals surface area contributed by atoms with E-state index in [0.29, 0.717) is 15.8 Å². The highest BCUT2D eigenvalue weighted by Crippen LogP contribution is 2.22. The van der Waals surface area contributed by atoms with Gasteiger partial charge in [0.25, 0.3) is 0 Å². The summed E-state index contributed by atoms with van der Waals surface area (Å²) in [6.07, 6.45) is 0. The average molecular weight is 260 g/mol. The monoisotopic (exact) mass is 259 g/mol. The predicted octanol–water partition coefficient (Wildman–Crippen LogP) is 2.70. The Morgan fingerprint density at radius 2 is 1.93 bits per heavy atom. The minimum Gasteiger partial charge on any atom is -0.255 e.